The van der Waals surface area contributed by atoms with Gasteiger partial charge in [0.25, 0.3) is 0 Å². The van der Waals surface area contributed by atoms with Crippen molar-refractivity contribution in [2.75, 3.05) is 6.54 Å². The normalized spacial score (nSPS) is 26.0. The van der Waals surface area contributed by atoms with Crippen LogP contribution in [0, 0.1) is 17.8 Å². The second-order valence-corrected chi connectivity index (χ2v) is 6.96. The molecule has 2 saturated carbocycles. The molecule has 0 spiro atoms. The monoisotopic (exact) mass is 331 g/mol. The third-order valence-electron chi connectivity index (χ3n) is 4.89. The molecule has 2 amide bonds. The van der Waals surface area contributed by atoms with Crippen molar-refractivity contribution in [3.8, 4) is 0 Å². The molecule has 0 aromatic carbocycles. The summed E-state index contributed by atoms with van der Waals surface area (Å²) in [6.07, 6.45) is 7.78. The fourth-order valence-corrected chi connectivity index (χ4v) is 3.31. The summed E-state index contributed by atoms with van der Waals surface area (Å²) in [5.41, 5.74) is 5.74. The first-order valence-corrected chi connectivity index (χ1v) is 8.31. The van der Waals surface area contributed by atoms with Gasteiger partial charge in [-0.05, 0) is 24.2 Å². The van der Waals surface area contributed by atoms with Crippen molar-refractivity contribution in [1.82, 2.24) is 10.6 Å². The molecule has 2 aliphatic rings. The lowest BCUT2D eigenvalue weighted by Gasteiger charge is -2.21. The lowest BCUT2D eigenvalue weighted by molar-refractivity contribution is -0.127. The topological polar surface area (TPSA) is 84.2 Å². The summed E-state index contributed by atoms with van der Waals surface area (Å²) in [5.74, 6) is 1.20. The van der Waals surface area contributed by atoms with E-state index in [4.69, 9.17) is 5.73 Å². The van der Waals surface area contributed by atoms with E-state index in [0.717, 1.165) is 12.3 Å². The van der Waals surface area contributed by atoms with Crippen LogP contribution in [0.2, 0.25) is 0 Å². The highest BCUT2D eigenvalue weighted by atomic mass is 35.5. The lowest BCUT2D eigenvalue weighted by Crippen LogP contribution is -2.47. The van der Waals surface area contributed by atoms with E-state index < -0.39 is 6.04 Å². The maximum atomic E-state index is 11.9. The highest BCUT2D eigenvalue weighted by molar-refractivity contribution is 5.87. The molecule has 128 valence electrons. The average molecular weight is 332 g/mol. The third kappa shape index (κ3) is 5.43. The van der Waals surface area contributed by atoms with Crippen molar-refractivity contribution in [3.63, 3.8) is 0 Å². The SMILES string of the molecule is CC(C)[C@H](N)C(=O)NCC(=O)NC1CC1C1CCCCC1.Cl. The Labute approximate surface area is 139 Å². The molecule has 22 heavy (non-hydrogen) atoms. The molecule has 0 aliphatic heterocycles. The number of rotatable bonds is 6. The van der Waals surface area contributed by atoms with E-state index in [2.05, 4.69) is 10.6 Å². The molecule has 4 N–H and O–H groups in total. The van der Waals surface area contributed by atoms with Gasteiger partial charge in [0.2, 0.25) is 11.8 Å². The number of nitrogens with one attached hydrogen (secondary N) is 2. The highest BCUT2D eigenvalue weighted by Crippen LogP contribution is 2.44. The van der Waals surface area contributed by atoms with Gasteiger partial charge in [0, 0.05) is 6.04 Å². The van der Waals surface area contributed by atoms with E-state index in [1.54, 1.807) is 0 Å². The fraction of sp³-hybridized carbons (Fsp3) is 0.875. The molecule has 0 aromatic heterocycles. The van der Waals surface area contributed by atoms with Crippen LogP contribution < -0.4 is 16.4 Å². The van der Waals surface area contributed by atoms with Crippen molar-refractivity contribution in [3.05, 3.63) is 0 Å². The van der Waals surface area contributed by atoms with E-state index in [0.29, 0.717) is 12.0 Å². The Balaban J connectivity index is 0.00000242. The Hall–Kier alpha value is -0.810. The number of nitrogens with two attached hydrogens (primary N) is 1. The molecule has 0 saturated heterocycles. The lowest BCUT2D eigenvalue weighted by atomic mass is 9.85. The third-order valence-corrected chi connectivity index (χ3v) is 4.89. The van der Waals surface area contributed by atoms with E-state index in [-0.39, 0.29) is 36.7 Å². The van der Waals surface area contributed by atoms with Crippen molar-refractivity contribution in [2.24, 2.45) is 23.5 Å². The van der Waals surface area contributed by atoms with Gasteiger partial charge in [0.05, 0.1) is 12.6 Å². The van der Waals surface area contributed by atoms with Crippen molar-refractivity contribution < 1.29 is 9.59 Å². The van der Waals surface area contributed by atoms with E-state index in [9.17, 15) is 9.59 Å². The molecule has 2 aliphatic carbocycles. The maximum Gasteiger partial charge on any atom is 0.239 e. The van der Waals surface area contributed by atoms with Gasteiger partial charge in [-0.3, -0.25) is 9.59 Å². The summed E-state index contributed by atoms with van der Waals surface area (Å²) in [6.45, 7) is 3.82. The van der Waals surface area contributed by atoms with E-state index in [1.165, 1.54) is 32.1 Å². The van der Waals surface area contributed by atoms with Crippen LogP contribution in [-0.2, 0) is 9.59 Å². The molecule has 0 heterocycles. The molecule has 6 heteroatoms. The Bertz CT molecular complexity index is 384. The standard InChI is InChI=1S/C16H29N3O2.ClH/c1-10(2)15(17)16(21)18-9-14(20)19-13-8-12(13)11-6-4-3-5-7-11;/h10-13,15H,3-9,17H2,1-2H3,(H,18,21)(H,19,20);1H/t12?,13?,15-;/m0./s1. The number of carbonyl (C=O) groups is 2. The number of hydrogen-bond donors (Lipinski definition) is 3. The van der Waals surface area contributed by atoms with Crippen LogP contribution in [0.25, 0.3) is 0 Å². The maximum absolute atomic E-state index is 11.9. The molecule has 5 nitrogen and oxygen atoms in total. The highest BCUT2D eigenvalue weighted by Gasteiger charge is 2.43. The number of carbonyl (C=O) groups excluding carboxylic acids is 2. The molecule has 0 radical (unpaired) electrons. The summed E-state index contributed by atoms with van der Waals surface area (Å²) in [4.78, 5) is 23.5. The van der Waals surface area contributed by atoms with E-state index in [1.807, 2.05) is 13.8 Å². The Morgan fingerprint density at radius 2 is 1.82 bits per heavy atom. The average Bonchev–Trinajstić information content (AvgIpc) is 3.24. The van der Waals surface area contributed by atoms with Crippen LogP contribution in [0.1, 0.15) is 52.4 Å². The van der Waals surface area contributed by atoms with Crippen LogP contribution in [0.15, 0.2) is 0 Å². The van der Waals surface area contributed by atoms with Crippen molar-refractivity contribution >= 4 is 24.2 Å². The van der Waals surface area contributed by atoms with Crippen LogP contribution in [-0.4, -0.2) is 30.4 Å². The minimum Gasteiger partial charge on any atom is -0.352 e. The smallest absolute Gasteiger partial charge is 0.239 e. The molecule has 2 fully saturated rings. The zero-order chi connectivity index (χ0) is 15.4. The summed E-state index contributed by atoms with van der Waals surface area (Å²) in [7, 11) is 0. The molecule has 2 rings (SSSR count). The van der Waals surface area contributed by atoms with Gasteiger partial charge in [-0.1, -0.05) is 46.0 Å². The molecular weight excluding hydrogens is 302 g/mol. The first-order chi connectivity index (χ1) is 9.99. The number of hydrogen-bond acceptors (Lipinski definition) is 3. The molecule has 0 bridgehead atoms. The van der Waals surface area contributed by atoms with Gasteiger partial charge in [-0.2, -0.15) is 0 Å². The quantitative estimate of drug-likeness (QED) is 0.691. The Kier molecular flexibility index (Phi) is 7.63. The summed E-state index contributed by atoms with van der Waals surface area (Å²) < 4.78 is 0. The van der Waals surface area contributed by atoms with Gasteiger partial charge >= 0.3 is 0 Å². The molecule has 2 unspecified atom stereocenters. The Morgan fingerprint density at radius 3 is 2.41 bits per heavy atom. The van der Waals surface area contributed by atoms with Gasteiger partial charge in [0.1, 0.15) is 0 Å². The number of halogens is 1. The largest absolute Gasteiger partial charge is 0.352 e. The zero-order valence-electron chi connectivity index (χ0n) is 13.6. The van der Waals surface area contributed by atoms with Gasteiger partial charge < -0.3 is 16.4 Å². The first-order valence-electron chi connectivity index (χ1n) is 8.31. The zero-order valence-corrected chi connectivity index (χ0v) is 14.5. The Morgan fingerprint density at radius 1 is 1.18 bits per heavy atom. The van der Waals surface area contributed by atoms with Gasteiger partial charge in [-0.15, -0.1) is 12.4 Å². The van der Waals surface area contributed by atoms with Crippen LogP contribution in [0.3, 0.4) is 0 Å². The van der Waals surface area contributed by atoms with E-state index >= 15 is 0 Å². The molecule has 0 aromatic rings. The summed E-state index contributed by atoms with van der Waals surface area (Å²) >= 11 is 0. The predicted molar refractivity (Wildman–Crippen MR) is 89.7 cm³/mol. The molecule has 3 atom stereocenters. The predicted octanol–water partition coefficient (Wildman–Crippen LogP) is 1.59. The minimum atomic E-state index is -0.547. The fourth-order valence-electron chi connectivity index (χ4n) is 3.31. The van der Waals surface area contributed by atoms with Gasteiger partial charge in [0.15, 0.2) is 0 Å². The second kappa shape index (κ2) is 8.73. The first kappa shape index (κ1) is 19.2. The summed E-state index contributed by atoms with van der Waals surface area (Å²) in [6, 6.07) is -0.218. The van der Waals surface area contributed by atoms with Crippen LogP contribution >= 0.6 is 12.4 Å². The van der Waals surface area contributed by atoms with Crippen molar-refractivity contribution in [2.45, 2.75) is 64.5 Å². The number of amides is 2. The minimum absolute atomic E-state index is 0. The molecular formula is C16H30ClN3O2. The summed E-state index contributed by atoms with van der Waals surface area (Å²) in [5, 5.41) is 5.65. The second-order valence-electron chi connectivity index (χ2n) is 6.96. The van der Waals surface area contributed by atoms with Crippen molar-refractivity contribution in [1.29, 1.82) is 0 Å². The van der Waals surface area contributed by atoms with Crippen LogP contribution in [0.4, 0.5) is 0 Å². The van der Waals surface area contributed by atoms with Crippen LogP contribution in [0.5, 0.6) is 0 Å². The van der Waals surface area contributed by atoms with Gasteiger partial charge in [-0.25, -0.2) is 0 Å².